The number of nitrogens with one attached hydrogen (secondary N) is 1. The highest BCUT2D eigenvalue weighted by molar-refractivity contribution is 6.03. The number of para-hydroxylation sites is 1. The van der Waals surface area contributed by atoms with Gasteiger partial charge < -0.3 is 15.0 Å². The van der Waals surface area contributed by atoms with E-state index in [1.807, 2.05) is 17.0 Å². The van der Waals surface area contributed by atoms with Crippen LogP contribution in [0.1, 0.15) is 34.8 Å². The fourth-order valence-electron chi connectivity index (χ4n) is 4.31. The number of amides is 2. The van der Waals surface area contributed by atoms with E-state index in [0.717, 1.165) is 12.8 Å². The molecule has 1 atom stereocenters. The molecular weight excluding hydrogens is 352 g/mol. The quantitative estimate of drug-likeness (QED) is 0.735. The van der Waals surface area contributed by atoms with E-state index in [9.17, 15) is 9.59 Å². The van der Waals surface area contributed by atoms with E-state index in [1.165, 1.54) is 16.3 Å². The summed E-state index contributed by atoms with van der Waals surface area (Å²) >= 11 is 0. The molecule has 5 nitrogen and oxygen atoms in total. The number of anilines is 1. The molecule has 3 aromatic rings. The van der Waals surface area contributed by atoms with Crippen molar-refractivity contribution in [3.05, 3.63) is 71.8 Å². The Morgan fingerprint density at radius 2 is 1.86 bits per heavy atom. The predicted molar refractivity (Wildman–Crippen MR) is 108 cm³/mol. The summed E-state index contributed by atoms with van der Waals surface area (Å²) in [6.07, 6.45) is 1.90. The molecule has 0 aliphatic carbocycles. The lowest BCUT2D eigenvalue weighted by Crippen LogP contribution is -2.32. The van der Waals surface area contributed by atoms with Crippen molar-refractivity contribution in [2.24, 2.45) is 0 Å². The summed E-state index contributed by atoms with van der Waals surface area (Å²) < 4.78 is 5.60. The molecule has 0 aromatic heterocycles. The Hall–Kier alpha value is -3.34. The number of likely N-dealkylation sites (tertiary alicyclic amines) is 1. The van der Waals surface area contributed by atoms with Crippen LogP contribution < -0.4 is 10.1 Å². The minimum Gasteiger partial charge on any atom is -0.481 e. The van der Waals surface area contributed by atoms with Crippen LogP contribution in [0.3, 0.4) is 0 Å². The average molecular weight is 372 g/mol. The Bertz CT molecular complexity index is 1090. The first kappa shape index (κ1) is 16.8. The van der Waals surface area contributed by atoms with Crippen LogP contribution in [-0.2, 0) is 4.79 Å². The van der Waals surface area contributed by atoms with Crippen LogP contribution in [0.2, 0.25) is 0 Å². The summed E-state index contributed by atoms with van der Waals surface area (Å²) in [5, 5.41) is 5.15. The van der Waals surface area contributed by atoms with E-state index >= 15 is 0 Å². The van der Waals surface area contributed by atoms with Crippen molar-refractivity contribution in [2.45, 2.75) is 18.9 Å². The Labute approximate surface area is 162 Å². The van der Waals surface area contributed by atoms with E-state index in [1.54, 1.807) is 18.2 Å². The fraction of sp³-hybridized carbons (Fsp3) is 0.217. The van der Waals surface area contributed by atoms with Crippen LogP contribution in [0.4, 0.5) is 5.69 Å². The van der Waals surface area contributed by atoms with Crippen molar-refractivity contribution >= 4 is 28.3 Å². The van der Waals surface area contributed by atoms with Gasteiger partial charge >= 0.3 is 0 Å². The SMILES string of the molecule is O=C1COc2c(cccc2C(=O)N2CCC[C@@H]2c2cccc3ccccc23)N1. The van der Waals surface area contributed by atoms with Crippen LogP contribution in [0.25, 0.3) is 10.8 Å². The zero-order chi connectivity index (χ0) is 19.1. The topological polar surface area (TPSA) is 58.6 Å². The first-order valence-electron chi connectivity index (χ1n) is 9.56. The lowest BCUT2D eigenvalue weighted by Gasteiger charge is -2.28. The molecule has 5 rings (SSSR count). The number of benzene rings is 3. The molecule has 28 heavy (non-hydrogen) atoms. The van der Waals surface area contributed by atoms with Crippen LogP contribution in [0, 0.1) is 0 Å². The van der Waals surface area contributed by atoms with E-state index in [2.05, 4.69) is 35.6 Å². The molecule has 0 radical (unpaired) electrons. The van der Waals surface area contributed by atoms with Crippen molar-refractivity contribution in [2.75, 3.05) is 18.5 Å². The second-order valence-corrected chi connectivity index (χ2v) is 7.24. The normalized spacial score (nSPS) is 18.5. The molecule has 0 spiro atoms. The van der Waals surface area contributed by atoms with Crippen LogP contribution in [-0.4, -0.2) is 29.9 Å². The molecule has 1 N–H and O–H groups in total. The van der Waals surface area contributed by atoms with Gasteiger partial charge in [0.05, 0.1) is 17.3 Å². The zero-order valence-electron chi connectivity index (χ0n) is 15.4. The molecule has 0 bridgehead atoms. The Balaban J connectivity index is 1.54. The van der Waals surface area contributed by atoms with Crippen LogP contribution in [0.15, 0.2) is 60.7 Å². The first-order valence-corrected chi connectivity index (χ1v) is 9.56. The number of rotatable bonds is 2. The standard InChI is InChI=1S/C23H20N2O3/c26-21-14-28-22-18(10-4-11-19(22)24-21)23(27)25-13-5-12-20(25)17-9-3-7-15-6-1-2-8-16(15)17/h1-4,6-11,20H,5,12-14H2,(H,24,26)/t20-/m1/s1. The van der Waals surface area contributed by atoms with Gasteiger partial charge in [-0.15, -0.1) is 0 Å². The van der Waals surface area contributed by atoms with Crippen molar-refractivity contribution in [1.82, 2.24) is 4.90 Å². The maximum absolute atomic E-state index is 13.5. The Kier molecular flexibility index (Phi) is 4.01. The van der Waals surface area contributed by atoms with Gasteiger partial charge in [0, 0.05) is 6.54 Å². The van der Waals surface area contributed by atoms with Gasteiger partial charge in [-0.05, 0) is 41.3 Å². The van der Waals surface area contributed by atoms with E-state index in [-0.39, 0.29) is 24.5 Å². The van der Waals surface area contributed by atoms with Crippen molar-refractivity contribution in [3.8, 4) is 5.75 Å². The summed E-state index contributed by atoms with van der Waals surface area (Å²) in [5.74, 6) is 0.214. The lowest BCUT2D eigenvalue weighted by molar-refractivity contribution is -0.118. The Morgan fingerprint density at radius 3 is 2.79 bits per heavy atom. The molecule has 2 aliphatic heterocycles. The highest BCUT2D eigenvalue weighted by Gasteiger charge is 2.34. The number of hydrogen-bond donors (Lipinski definition) is 1. The summed E-state index contributed by atoms with van der Waals surface area (Å²) in [6, 6.07) is 19.9. The number of carbonyl (C=O) groups is 2. The van der Waals surface area contributed by atoms with Crippen molar-refractivity contribution < 1.29 is 14.3 Å². The summed E-state index contributed by atoms with van der Waals surface area (Å²) in [7, 11) is 0. The molecule has 0 unspecified atom stereocenters. The van der Waals surface area contributed by atoms with Gasteiger partial charge in [-0.3, -0.25) is 9.59 Å². The van der Waals surface area contributed by atoms with Gasteiger partial charge in [-0.25, -0.2) is 0 Å². The van der Waals surface area contributed by atoms with Gasteiger partial charge in [-0.2, -0.15) is 0 Å². The molecule has 5 heteroatoms. The molecule has 1 fully saturated rings. The highest BCUT2D eigenvalue weighted by Crippen LogP contribution is 2.39. The summed E-state index contributed by atoms with van der Waals surface area (Å²) in [5.41, 5.74) is 2.25. The summed E-state index contributed by atoms with van der Waals surface area (Å²) in [6.45, 7) is 0.646. The minimum atomic E-state index is -0.202. The maximum Gasteiger partial charge on any atom is 0.262 e. The number of nitrogens with zero attached hydrogens (tertiary/aromatic N) is 1. The first-order chi connectivity index (χ1) is 13.7. The molecule has 2 aliphatic rings. The maximum atomic E-state index is 13.5. The van der Waals surface area contributed by atoms with Crippen LogP contribution >= 0.6 is 0 Å². The fourth-order valence-corrected chi connectivity index (χ4v) is 4.31. The van der Waals surface area contributed by atoms with Gasteiger partial charge in [0.15, 0.2) is 12.4 Å². The molecule has 0 saturated carbocycles. The number of ether oxygens (including phenoxy) is 1. The average Bonchev–Trinajstić information content (AvgIpc) is 3.22. The van der Waals surface area contributed by atoms with Gasteiger partial charge in [0.25, 0.3) is 11.8 Å². The number of fused-ring (bicyclic) bond motifs is 2. The monoisotopic (exact) mass is 372 g/mol. The second kappa shape index (κ2) is 6.68. The molecule has 2 heterocycles. The second-order valence-electron chi connectivity index (χ2n) is 7.24. The third-order valence-electron chi connectivity index (χ3n) is 5.56. The van der Waals surface area contributed by atoms with Crippen LogP contribution in [0.5, 0.6) is 5.75 Å². The predicted octanol–water partition coefficient (Wildman–Crippen LogP) is 4.15. The van der Waals surface area contributed by atoms with Gasteiger partial charge in [0.1, 0.15) is 0 Å². The van der Waals surface area contributed by atoms with E-state index < -0.39 is 0 Å². The minimum absolute atomic E-state index is 0.0348. The molecular formula is C23H20N2O3. The number of carbonyl (C=O) groups excluding carboxylic acids is 2. The highest BCUT2D eigenvalue weighted by atomic mass is 16.5. The van der Waals surface area contributed by atoms with Gasteiger partial charge in [0.2, 0.25) is 0 Å². The summed E-state index contributed by atoms with van der Waals surface area (Å²) in [4.78, 5) is 27.0. The molecule has 3 aromatic carbocycles. The van der Waals surface area contributed by atoms with E-state index in [0.29, 0.717) is 23.5 Å². The lowest BCUT2D eigenvalue weighted by atomic mass is 9.97. The van der Waals surface area contributed by atoms with Gasteiger partial charge in [-0.1, -0.05) is 48.5 Å². The largest absolute Gasteiger partial charge is 0.481 e. The zero-order valence-corrected chi connectivity index (χ0v) is 15.4. The number of hydrogen-bond acceptors (Lipinski definition) is 3. The third kappa shape index (κ3) is 2.71. The molecule has 1 saturated heterocycles. The molecule has 140 valence electrons. The molecule has 2 amide bonds. The van der Waals surface area contributed by atoms with Crippen molar-refractivity contribution in [3.63, 3.8) is 0 Å². The van der Waals surface area contributed by atoms with Crippen molar-refractivity contribution in [1.29, 1.82) is 0 Å². The third-order valence-corrected chi connectivity index (χ3v) is 5.56. The van der Waals surface area contributed by atoms with E-state index in [4.69, 9.17) is 4.74 Å². The smallest absolute Gasteiger partial charge is 0.262 e. The Morgan fingerprint density at radius 1 is 1.04 bits per heavy atom.